The number of thioether (sulfide) groups is 1. The number of ether oxygens (including phenoxy) is 2. The van der Waals surface area contributed by atoms with E-state index in [1.54, 1.807) is 23.7 Å². The number of halogens is 4. The van der Waals surface area contributed by atoms with Gasteiger partial charge in [0.05, 0.1) is 12.2 Å². The first-order chi connectivity index (χ1) is 19.7. The van der Waals surface area contributed by atoms with Gasteiger partial charge in [-0.25, -0.2) is 9.48 Å². The normalized spacial score (nSPS) is 14.4. The summed E-state index contributed by atoms with van der Waals surface area (Å²) in [4.78, 5) is 18.0. The minimum absolute atomic E-state index is 0.191. The van der Waals surface area contributed by atoms with Gasteiger partial charge in [0.25, 0.3) is 0 Å². The molecule has 0 saturated carbocycles. The van der Waals surface area contributed by atoms with Crippen LogP contribution in [0.15, 0.2) is 81.6 Å². The molecule has 2 heterocycles. The number of nitrogens with zero attached hydrogens (tertiary/aromatic N) is 3. The Balaban J connectivity index is 1.54. The molecule has 1 aromatic heterocycles. The zero-order valence-corrected chi connectivity index (χ0v) is 26.6. The number of carbonyl (C=O) groups is 1. The highest BCUT2D eigenvalue weighted by Crippen LogP contribution is 2.42. The summed E-state index contributed by atoms with van der Waals surface area (Å²) in [7, 11) is 0. The number of nitrogens with one attached hydrogen (secondary N) is 1. The average Bonchev–Trinajstić information content (AvgIpc) is 3.34. The SMILES string of the molecule is CCOC(=O)C1=C(C)Nc2nc(SCc3ccccc3Cl)nn2C1c1cc(Br)ccc1OCc1ccc(Cl)cc1Cl. The van der Waals surface area contributed by atoms with Gasteiger partial charge in [0.1, 0.15) is 18.4 Å². The second kappa shape index (κ2) is 13.1. The Morgan fingerprint density at radius 1 is 1.07 bits per heavy atom. The van der Waals surface area contributed by atoms with E-state index >= 15 is 0 Å². The van der Waals surface area contributed by atoms with Crippen molar-refractivity contribution in [1.29, 1.82) is 0 Å². The zero-order chi connectivity index (χ0) is 29.1. The number of rotatable bonds is 9. The molecule has 0 bridgehead atoms. The third-order valence-corrected chi connectivity index (χ3v) is 8.64. The number of hydrogen-bond donors (Lipinski definition) is 1. The van der Waals surface area contributed by atoms with Gasteiger partial charge in [-0.1, -0.05) is 86.8 Å². The Hall–Kier alpha value is -2.69. The molecule has 0 aliphatic carbocycles. The first-order valence-electron chi connectivity index (χ1n) is 12.6. The fourth-order valence-electron chi connectivity index (χ4n) is 4.37. The molecular weight excluding hydrogens is 671 g/mol. The highest BCUT2D eigenvalue weighted by Gasteiger charge is 2.37. The molecule has 0 spiro atoms. The van der Waals surface area contributed by atoms with Gasteiger partial charge in [-0.15, -0.1) is 5.10 Å². The molecule has 12 heteroatoms. The maximum absolute atomic E-state index is 13.3. The fraction of sp³-hybridized carbons (Fsp3) is 0.207. The molecule has 1 N–H and O–H groups in total. The van der Waals surface area contributed by atoms with Gasteiger partial charge in [0.15, 0.2) is 0 Å². The van der Waals surface area contributed by atoms with Gasteiger partial charge in [0, 0.05) is 42.1 Å². The first kappa shape index (κ1) is 29.8. The predicted octanol–water partition coefficient (Wildman–Crippen LogP) is 8.72. The van der Waals surface area contributed by atoms with Crippen molar-refractivity contribution in [3.63, 3.8) is 0 Å². The second-order valence-electron chi connectivity index (χ2n) is 9.04. The molecule has 1 unspecified atom stereocenters. The number of fused-ring (bicyclic) bond motifs is 1. The van der Waals surface area contributed by atoms with Crippen molar-refractivity contribution in [1.82, 2.24) is 14.8 Å². The van der Waals surface area contributed by atoms with Gasteiger partial charge in [-0.05, 0) is 55.8 Å². The van der Waals surface area contributed by atoms with Crippen LogP contribution in [-0.4, -0.2) is 27.3 Å². The summed E-state index contributed by atoms with van der Waals surface area (Å²) in [6.07, 6.45) is 0. The van der Waals surface area contributed by atoms with E-state index in [1.165, 1.54) is 11.8 Å². The van der Waals surface area contributed by atoms with E-state index in [9.17, 15) is 4.79 Å². The van der Waals surface area contributed by atoms with E-state index in [0.29, 0.717) is 54.5 Å². The third kappa shape index (κ3) is 6.70. The molecule has 1 aliphatic rings. The molecule has 0 fully saturated rings. The summed E-state index contributed by atoms with van der Waals surface area (Å²) in [5.74, 6) is 1.17. The van der Waals surface area contributed by atoms with Crippen LogP contribution in [0.4, 0.5) is 5.95 Å². The number of esters is 1. The largest absolute Gasteiger partial charge is 0.488 e. The fourth-order valence-corrected chi connectivity index (χ4v) is 6.33. The lowest BCUT2D eigenvalue weighted by atomic mass is 9.95. The number of carbonyl (C=O) groups excluding carboxylic acids is 1. The number of allylic oxidation sites excluding steroid dienone is 1. The van der Waals surface area contributed by atoms with Crippen LogP contribution in [0, 0.1) is 0 Å². The van der Waals surface area contributed by atoms with Gasteiger partial charge in [0.2, 0.25) is 11.1 Å². The van der Waals surface area contributed by atoms with E-state index in [-0.39, 0.29) is 13.2 Å². The lowest BCUT2D eigenvalue weighted by Gasteiger charge is -2.29. The van der Waals surface area contributed by atoms with Crippen molar-refractivity contribution < 1.29 is 14.3 Å². The minimum Gasteiger partial charge on any atom is -0.488 e. The van der Waals surface area contributed by atoms with Crippen LogP contribution in [0.1, 0.15) is 36.6 Å². The summed E-state index contributed by atoms with van der Waals surface area (Å²) >= 11 is 23.9. The average molecular weight is 695 g/mol. The Kier molecular flexibility index (Phi) is 9.51. The predicted molar refractivity (Wildman–Crippen MR) is 167 cm³/mol. The lowest BCUT2D eigenvalue weighted by Crippen LogP contribution is -2.30. The second-order valence-corrected chi connectivity index (χ2v) is 12.1. The molecule has 0 radical (unpaired) electrons. The number of hydrogen-bond acceptors (Lipinski definition) is 7. The van der Waals surface area contributed by atoms with Crippen molar-refractivity contribution in [3.05, 3.63) is 108 Å². The van der Waals surface area contributed by atoms with Crippen LogP contribution < -0.4 is 10.1 Å². The topological polar surface area (TPSA) is 78.3 Å². The summed E-state index contributed by atoms with van der Waals surface area (Å²) in [6, 6.07) is 17.8. The molecule has 4 aromatic rings. The molecule has 1 aliphatic heterocycles. The molecule has 0 amide bonds. The first-order valence-corrected chi connectivity index (χ1v) is 15.5. The van der Waals surface area contributed by atoms with E-state index in [4.69, 9.17) is 54.4 Å². The van der Waals surface area contributed by atoms with Crippen LogP contribution >= 0.6 is 62.5 Å². The zero-order valence-electron chi connectivity index (χ0n) is 22.0. The molecule has 7 nitrogen and oxygen atoms in total. The number of anilines is 1. The van der Waals surface area contributed by atoms with Crippen molar-refractivity contribution in [2.75, 3.05) is 11.9 Å². The van der Waals surface area contributed by atoms with Crippen LogP contribution in [0.5, 0.6) is 5.75 Å². The summed E-state index contributed by atoms with van der Waals surface area (Å²) in [5, 5.41) is 10.3. The van der Waals surface area contributed by atoms with Crippen molar-refractivity contribution in [2.24, 2.45) is 0 Å². The van der Waals surface area contributed by atoms with Gasteiger partial charge >= 0.3 is 5.97 Å². The summed E-state index contributed by atoms with van der Waals surface area (Å²) in [6.45, 7) is 4.01. The lowest BCUT2D eigenvalue weighted by molar-refractivity contribution is -0.139. The third-order valence-electron chi connectivity index (χ3n) is 6.31. The Morgan fingerprint density at radius 3 is 2.63 bits per heavy atom. The molecular formula is C29H24BrCl3N4O3S. The maximum atomic E-state index is 13.3. The van der Waals surface area contributed by atoms with Gasteiger partial charge < -0.3 is 14.8 Å². The van der Waals surface area contributed by atoms with Crippen molar-refractivity contribution >= 4 is 74.4 Å². The summed E-state index contributed by atoms with van der Waals surface area (Å²) < 4.78 is 14.3. The standard InChI is InChI=1S/C29H24BrCl3N4O3S/c1-3-39-27(38)25-16(2)34-28-35-29(41-15-18-6-4-5-7-22(18)32)36-37(28)26(25)21-12-19(30)9-11-24(21)40-14-17-8-10-20(31)13-23(17)33/h4-13,26H,3,14-15H2,1-2H3,(H,34,35,36). The van der Waals surface area contributed by atoms with Crippen molar-refractivity contribution in [2.45, 2.75) is 37.4 Å². The van der Waals surface area contributed by atoms with Gasteiger partial charge in [-0.3, -0.25) is 0 Å². The summed E-state index contributed by atoms with van der Waals surface area (Å²) in [5.41, 5.74) is 3.46. The van der Waals surface area contributed by atoms with Crippen molar-refractivity contribution in [3.8, 4) is 5.75 Å². The Bertz CT molecular complexity index is 1650. The van der Waals surface area contributed by atoms with Gasteiger partial charge in [-0.2, -0.15) is 4.98 Å². The quantitative estimate of drug-likeness (QED) is 0.139. The Morgan fingerprint density at radius 2 is 1.88 bits per heavy atom. The minimum atomic E-state index is -0.680. The van der Waals surface area contributed by atoms with E-state index < -0.39 is 12.0 Å². The monoisotopic (exact) mass is 692 g/mol. The van der Waals surface area contributed by atoms with Crippen LogP contribution in [0.3, 0.4) is 0 Å². The van der Waals surface area contributed by atoms with E-state index in [1.807, 2.05) is 55.5 Å². The van der Waals surface area contributed by atoms with Crippen LogP contribution in [0.2, 0.25) is 15.1 Å². The Labute approximate surface area is 265 Å². The molecule has 3 aromatic carbocycles. The molecule has 0 saturated heterocycles. The molecule has 1 atom stereocenters. The number of benzene rings is 3. The molecule has 41 heavy (non-hydrogen) atoms. The highest BCUT2D eigenvalue weighted by molar-refractivity contribution is 9.10. The van der Waals surface area contributed by atoms with E-state index in [2.05, 4.69) is 21.2 Å². The smallest absolute Gasteiger partial charge is 0.338 e. The van der Waals surface area contributed by atoms with E-state index in [0.717, 1.165) is 15.6 Å². The molecule has 5 rings (SSSR count). The maximum Gasteiger partial charge on any atom is 0.338 e. The van der Waals surface area contributed by atoms with Crippen LogP contribution in [0.25, 0.3) is 0 Å². The highest BCUT2D eigenvalue weighted by atomic mass is 79.9. The number of aromatic nitrogens is 3. The van der Waals surface area contributed by atoms with Crippen LogP contribution in [-0.2, 0) is 21.9 Å². The molecule has 212 valence electrons.